The minimum absolute atomic E-state index is 0.0809. The molecule has 0 spiro atoms. The molecule has 0 aliphatic carbocycles. The summed E-state index contributed by atoms with van der Waals surface area (Å²) < 4.78 is 55.5. The Labute approximate surface area is 158 Å². The van der Waals surface area contributed by atoms with Crippen molar-refractivity contribution in [3.05, 3.63) is 64.5 Å². The highest BCUT2D eigenvalue weighted by Crippen LogP contribution is 2.46. The SMILES string of the molecule is CS(=O)(=O)c1ccc(-c2c(-c3ccc(F)c(F)c3)sc3c2COC3=O)cc1. The standard InChI is InChI=1S/C19H12F2O4S2/c1-27(23,24)12-5-2-10(3-6-12)16-13-9-25-19(22)18(13)26-17(16)11-4-7-14(20)15(21)8-11/h2-8H,9H2,1H3. The Balaban J connectivity index is 1.93. The van der Waals surface area contributed by atoms with Crippen LogP contribution in [0, 0.1) is 11.6 Å². The normalized spacial score (nSPS) is 13.5. The quantitative estimate of drug-likeness (QED) is 0.604. The Bertz CT molecular complexity index is 1180. The maximum atomic E-state index is 13.7. The Morgan fingerprint density at radius 2 is 1.63 bits per heavy atom. The topological polar surface area (TPSA) is 60.4 Å². The summed E-state index contributed by atoms with van der Waals surface area (Å²) in [5.41, 5.74) is 2.42. The fourth-order valence-corrected chi connectivity index (χ4v) is 4.83. The van der Waals surface area contributed by atoms with Gasteiger partial charge in [-0.1, -0.05) is 18.2 Å². The van der Waals surface area contributed by atoms with E-state index in [1.165, 1.54) is 18.2 Å². The maximum Gasteiger partial charge on any atom is 0.349 e. The van der Waals surface area contributed by atoms with Gasteiger partial charge >= 0.3 is 5.97 Å². The highest BCUT2D eigenvalue weighted by Gasteiger charge is 2.31. The van der Waals surface area contributed by atoms with Gasteiger partial charge in [-0.2, -0.15) is 0 Å². The third kappa shape index (κ3) is 3.04. The molecule has 0 fully saturated rings. The molecule has 0 saturated carbocycles. The van der Waals surface area contributed by atoms with E-state index in [4.69, 9.17) is 4.74 Å². The number of halogens is 2. The predicted octanol–water partition coefficient (Wildman–Crippen LogP) is 4.43. The van der Waals surface area contributed by atoms with E-state index in [0.717, 1.165) is 29.7 Å². The number of carbonyl (C=O) groups excluding carboxylic acids is 1. The van der Waals surface area contributed by atoms with Gasteiger partial charge in [-0.25, -0.2) is 22.0 Å². The van der Waals surface area contributed by atoms with E-state index >= 15 is 0 Å². The van der Waals surface area contributed by atoms with Crippen LogP contribution in [0.3, 0.4) is 0 Å². The van der Waals surface area contributed by atoms with Gasteiger partial charge in [0.15, 0.2) is 21.5 Å². The van der Waals surface area contributed by atoms with Crippen LogP contribution in [0.5, 0.6) is 0 Å². The van der Waals surface area contributed by atoms with E-state index in [9.17, 15) is 22.0 Å². The van der Waals surface area contributed by atoms with E-state index in [1.54, 1.807) is 12.1 Å². The Kier molecular flexibility index (Phi) is 4.12. The summed E-state index contributed by atoms with van der Waals surface area (Å²) in [6.07, 6.45) is 1.11. The summed E-state index contributed by atoms with van der Waals surface area (Å²) in [6.45, 7) is 0.0809. The second kappa shape index (κ2) is 6.24. The van der Waals surface area contributed by atoms with Gasteiger partial charge in [0, 0.05) is 22.3 Å². The minimum atomic E-state index is -3.35. The summed E-state index contributed by atoms with van der Waals surface area (Å²) in [5, 5.41) is 0. The minimum Gasteiger partial charge on any atom is -0.457 e. The van der Waals surface area contributed by atoms with Gasteiger partial charge < -0.3 is 4.74 Å². The van der Waals surface area contributed by atoms with Crippen molar-refractivity contribution < 1.29 is 26.7 Å². The summed E-state index contributed by atoms with van der Waals surface area (Å²) in [7, 11) is -3.35. The second-order valence-electron chi connectivity index (χ2n) is 6.12. The highest BCUT2D eigenvalue weighted by atomic mass is 32.2. The lowest BCUT2D eigenvalue weighted by atomic mass is 9.98. The van der Waals surface area contributed by atoms with Crippen molar-refractivity contribution in [2.45, 2.75) is 11.5 Å². The molecule has 3 aromatic rings. The van der Waals surface area contributed by atoms with E-state index < -0.39 is 27.4 Å². The molecule has 2 heterocycles. The fraction of sp³-hybridized carbons (Fsp3) is 0.105. The monoisotopic (exact) mass is 406 g/mol. The van der Waals surface area contributed by atoms with Gasteiger partial charge in [-0.3, -0.25) is 0 Å². The zero-order valence-electron chi connectivity index (χ0n) is 14.0. The van der Waals surface area contributed by atoms with Crippen LogP contribution >= 0.6 is 11.3 Å². The Morgan fingerprint density at radius 1 is 0.963 bits per heavy atom. The van der Waals surface area contributed by atoms with Crippen molar-refractivity contribution in [1.29, 1.82) is 0 Å². The molecule has 0 saturated heterocycles. The number of benzene rings is 2. The van der Waals surface area contributed by atoms with Crippen LogP contribution in [0.1, 0.15) is 15.2 Å². The lowest BCUT2D eigenvalue weighted by Gasteiger charge is -2.09. The Morgan fingerprint density at radius 3 is 2.26 bits per heavy atom. The van der Waals surface area contributed by atoms with Gasteiger partial charge in [-0.15, -0.1) is 11.3 Å². The van der Waals surface area contributed by atoms with E-state index in [1.807, 2.05) is 0 Å². The molecular formula is C19H12F2O4S2. The van der Waals surface area contributed by atoms with Gasteiger partial charge in [0.2, 0.25) is 0 Å². The molecule has 1 aromatic heterocycles. The zero-order valence-corrected chi connectivity index (χ0v) is 15.6. The van der Waals surface area contributed by atoms with Crippen molar-refractivity contribution in [3.63, 3.8) is 0 Å². The van der Waals surface area contributed by atoms with Crippen LogP contribution in [0.15, 0.2) is 47.4 Å². The number of carbonyl (C=O) groups is 1. The molecule has 1 aliphatic heterocycles. The molecule has 1 aliphatic rings. The largest absolute Gasteiger partial charge is 0.457 e. The summed E-state index contributed by atoms with van der Waals surface area (Å²) in [6, 6.07) is 9.76. The maximum absolute atomic E-state index is 13.7. The predicted molar refractivity (Wildman–Crippen MR) is 97.3 cm³/mol. The third-order valence-electron chi connectivity index (χ3n) is 4.29. The van der Waals surface area contributed by atoms with Crippen molar-refractivity contribution in [2.75, 3.05) is 6.26 Å². The number of thiophene rings is 1. The van der Waals surface area contributed by atoms with E-state index in [-0.39, 0.29) is 11.5 Å². The van der Waals surface area contributed by atoms with E-state index in [0.29, 0.717) is 32.0 Å². The van der Waals surface area contributed by atoms with E-state index in [2.05, 4.69) is 0 Å². The van der Waals surface area contributed by atoms with Gasteiger partial charge in [0.25, 0.3) is 0 Å². The van der Waals surface area contributed by atoms with Gasteiger partial charge in [-0.05, 0) is 35.4 Å². The average Bonchev–Trinajstić information content (AvgIpc) is 3.17. The lowest BCUT2D eigenvalue weighted by Crippen LogP contribution is -1.96. The van der Waals surface area contributed by atoms with Crippen LogP contribution in [-0.4, -0.2) is 20.6 Å². The van der Waals surface area contributed by atoms with Crippen molar-refractivity contribution >= 4 is 27.1 Å². The molecule has 0 atom stereocenters. The fourth-order valence-electron chi connectivity index (χ4n) is 2.99. The first-order valence-electron chi connectivity index (χ1n) is 7.84. The van der Waals surface area contributed by atoms with Gasteiger partial charge in [0.05, 0.1) is 4.90 Å². The molecule has 0 amide bonds. The van der Waals surface area contributed by atoms with Crippen molar-refractivity contribution in [2.24, 2.45) is 0 Å². The molecule has 0 radical (unpaired) electrons. The molecule has 0 unspecified atom stereocenters. The zero-order chi connectivity index (χ0) is 19.3. The number of sulfone groups is 1. The molecule has 4 nitrogen and oxygen atoms in total. The molecule has 138 valence electrons. The van der Waals surface area contributed by atoms with Crippen molar-refractivity contribution in [1.82, 2.24) is 0 Å². The first-order valence-corrected chi connectivity index (χ1v) is 10.5. The molecule has 0 bridgehead atoms. The highest BCUT2D eigenvalue weighted by molar-refractivity contribution is 7.90. The van der Waals surface area contributed by atoms with Crippen LogP contribution in [0.4, 0.5) is 8.78 Å². The molecular weight excluding hydrogens is 394 g/mol. The number of ether oxygens (including phenoxy) is 1. The number of rotatable bonds is 3. The van der Waals surface area contributed by atoms with Crippen LogP contribution in [0.25, 0.3) is 21.6 Å². The summed E-state index contributed by atoms with van der Waals surface area (Å²) >= 11 is 1.15. The van der Waals surface area contributed by atoms with Crippen LogP contribution in [-0.2, 0) is 21.2 Å². The number of hydrogen-bond acceptors (Lipinski definition) is 5. The van der Waals surface area contributed by atoms with Crippen LogP contribution < -0.4 is 0 Å². The van der Waals surface area contributed by atoms with Crippen molar-refractivity contribution in [3.8, 4) is 21.6 Å². The van der Waals surface area contributed by atoms with Gasteiger partial charge in [0.1, 0.15) is 11.5 Å². The molecule has 0 N–H and O–H groups in total. The number of hydrogen-bond donors (Lipinski definition) is 0. The number of cyclic esters (lactones) is 1. The first kappa shape index (κ1) is 17.8. The summed E-state index contributed by atoms with van der Waals surface area (Å²) in [4.78, 5) is 13.2. The lowest BCUT2D eigenvalue weighted by molar-refractivity contribution is 0.0538. The summed E-state index contributed by atoms with van der Waals surface area (Å²) in [5.74, 6) is -2.40. The molecule has 4 rings (SSSR count). The smallest absolute Gasteiger partial charge is 0.349 e. The third-order valence-corrected chi connectivity index (χ3v) is 6.68. The molecule has 2 aromatic carbocycles. The number of fused-ring (bicyclic) bond motifs is 1. The molecule has 27 heavy (non-hydrogen) atoms. The number of esters is 1. The first-order chi connectivity index (χ1) is 12.8. The van der Waals surface area contributed by atoms with Crippen LogP contribution in [0.2, 0.25) is 0 Å². The molecule has 8 heteroatoms. The second-order valence-corrected chi connectivity index (χ2v) is 9.15. The average molecular weight is 406 g/mol. The Hall–Kier alpha value is -2.58.